The maximum absolute atomic E-state index is 12.2. The lowest BCUT2D eigenvalue weighted by atomic mass is 9.98. The first-order chi connectivity index (χ1) is 18.3. The molecule has 5 aromatic heterocycles. The molecule has 190 valence electrons. The summed E-state index contributed by atoms with van der Waals surface area (Å²) in [6, 6.07) is 5.84. The Morgan fingerprint density at radius 3 is 2.89 bits per heavy atom. The van der Waals surface area contributed by atoms with Crippen LogP contribution in [0, 0.1) is 6.92 Å². The summed E-state index contributed by atoms with van der Waals surface area (Å²) in [4.78, 5) is 30.1. The number of aliphatic hydroxyl groups is 1. The van der Waals surface area contributed by atoms with Crippen molar-refractivity contribution in [3.05, 3.63) is 65.8 Å². The smallest absolute Gasteiger partial charge is 0.262 e. The van der Waals surface area contributed by atoms with Gasteiger partial charge in [-0.2, -0.15) is 5.10 Å². The van der Waals surface area contributed by atoms with E-state index in [-0.39, 0.29) is 0 Å². The van der Waals surface area contributed by atoms with Crippen LogP contribution in [0.1, 0.15) is 29.7 Å². The van der Waals surface area contributed by atoms with E-state index in [0.717, 1.165) is 40.8 Å². The molecule has 0 saturated carbocycles. The Morgan fingerprint density at radius 1 is 1.16 bits per heavy atom. The fourth-order valence-corrected chi connectivity index (χ4v) is 5.16. The van der Waals surface area contributed by atoms with Gasteiger partial charge in [0.1, 0.15) is 23.2 Å². The van der Waals surface area contributed by atoms with Crippen LogP contribution in [0.3, 0.4) is 0 Å². The molecule has 2 aliphatic rings. The third-order valence-electron chi connectivity index (χ3n) is 7.32. The zero-order valence-corrected chi connectivity index (χ0v) is 20.7. The zero-order chi connectivity index (χ0) is 26.2. The second-order valence-electron chi connectivity index (χ2n) is 9.82. The highest BCUT2D eigenvalue weighted by Gasteiger charge is 2.43. The normalized spacial score (nSPS) is 18.0. The van der Waals surface area contributed by atoms with Crippen molar-refractivity contribution >= 4 is 39.8 Å². The number of hydrogen-bond donors (Lipinski definition) is 4. The average Bonchev–Trinajstić information content (AvgIpc) is 3.52. The zero-order valence-electron chi connectivity index (χ0n) is 20.7. The van der Waals surface area contributed by atoms with Crippen LogP contribution < -0.4 is 16.4 Å². The molecule has 0 radical (unpaired) electrons. The van der Waals surface area contributed by atoms with E-state index in [1.165, 1.54) is 6.92 Å². The highest BCUT2D eigenvalue weighted by molar-refractivity contribution is 6.05. The largest absolute Gasteiger partial charge is 0.383 e. The number of carbonyl (C=O) groups is 1. The van der Waals surface area contributed by atoms with Gasteiger partial charge >= 0.3 is 0 Å². The summed E-state index contributed by atoms with van der Waals surface area (Å²) in [7, 11) is 0. The van der Waals surface area contributed by atoms with E-state index in [0.29, 0.717) is 46.6 Å². The summed E-state index contributed by atoms with van der Waals surface area (Å²) in [5.41, 5.74) is 8.62. The van der Waals surface area contributed by atoms with E-state index in [1.807, 2.05) is 42.2 Å². The van der Waals surface area contributed by atoms with Crippen molar-refractivity contribution < 1.29 is 9.90 Å². The van der Waals surface area contributed by atoms with Crippen LogP contribution in [0.2, 0.25) is 0 Å². The maximum atomic E-state index is 12.2. The van der Waals surface area contributed by atoms with Crippen LogP contribution in [-0.4, -0.2) is 45.3 Å². The number of nitrogens with two attached hydrogens (primary N) is 1. The van der Waals surface area contributed by atoms with E-state index in [2.05, 4.69) is 35.1 Å². The van der Waals surface area contributed by atoms with Crippen molar-refractivity contribution in [2.45, 2.75) is 39.0 Å². The molecular formula is C26H24N10O2. The molecule has 38 heavy (non-hydrogen) atoms. The number of nitrogens with one attached hydrogen (secondary N) is 2. The number of anilines is 4. The topological polar surface area (TPSA) is 162 Å². The van der Waals surface area contributed by atoms with Gasteiger partial charge in [0.15, 0.2) is 11.4 Å². The molecule has 1 unspecified atom stereocenters. The first kappa shape index (κ1) is 22.4. The monoisotopic (exact) mass is 508 g/mol. The molecule has 0 bridgehead atoms. The molecule has 0 fully saturated rings. The number of aryl methyl sites for hydroxylation is 2. The highest BCUT2D eigenvalue weighted by atomic mass is 16.3. The second kappa shape index (κ2) is 7.83. The molecule has 0 aromatic carbocycles. The Morgan fingerprint density at radius 2 is 2.03 bits per heavy atom. The Labute approximate surface area is 216 Å². The van der Waals surface area contributed by atoms with Gasteiger partial charge in [-0.1, -0.05) is 0 Å². The predicted molar refractivity (Wildman–Crippen MR) is 141 cm³/mol. The van der Waals surface area contributed by atoms with Crippen LogP contribution in [0.15, 0.2) is 43.0 Å². The van der Waals surface area contributed by atoms with E-state index in [1.54, 1.807) is 12.4 Å². The number of pyridine rings is 3. The molecule has 5 aromatic rings. The third-order valence-corrected chi connectivity index (χ3v) is 7.32. The van der Waals surface area contributed by atoms with E-state index < -0.39 is 11.5 Å². The maximum Gasteiger partial charge on any atom is 0.262 e. The number of aromatic nitrogens is 7. The first-order valence-electron chi connectivity index (χ1n) is 12.2. The number of nitrogen functional groups attached to an aromatic ring is 1. The van der Waals surface area contributed by atoms with Crippen molar-refractivity contribution in [1.82, 2.24) is 34.3 Å². The van der Waals surface area contributed by atoms with Gasteiger partial charge < -0.3 is 26.0 Å². The van der Waals surface area contributed by atoms with Gasteiger partial charge in [-0.25, -0.2) is 15.0 Å². The SMILES string of the molecule is Cc1c(-c2cc3cc(Nc4cc5n(n4)Cc4nccn4CC5)ncc3c(N)n2)cnc2c1NC(=O)C2(C)O. The molecular weight excluding hydrogens is 484 g/mol. The van der Waals surface area contributed by atoms with Crippen LogP contribution in [-0.2, 0) is 29.9 Å². The van der Waals surface area contributed by atoms with Gasteiger partial charge in [0.25, 0.3) is 5.91 Å². The van der Waals surface area contributed by atoms with Gasteiger partial charge in [0.05, 0.1) is 17.9 Å². The summed E-state index contributed by atoms with van der Waals surface area (Å²) in [5.74, 6) is 2.13. The number of imidazole rings is 1. The van der Waals surface area contributed by atoms with Crippen molar-refractivity contribution in [3.63, 3.8) is 0 Å². The molecule has 12 heteroatoms. The Bertz CT molecular complexity index is 1780. The standard InChI is InChI=1S/C26H24N10O2/c1-13-16(10-30-23-22(13)33-25(37)26(23,2)38)18-7-14-8-19(29-11-17(14)24(27)31-18)32-20-9-15-3-5-35-6-4-28-21(35)12-36(15)34-20/h4,6-11,38H,3,5,12H2,1-2H3,(H2,27,31)(H,33,37)(H,29,32,34). The van der Waals surface area contributed by atoms with Crippen LogP contribution in [0.5, 0.6) is 0 Å². The van der Waals surface area contributed by atoms with Crippen molar-refractivity contribution in [3.8, 4) is 11.3 Å². The second-order valence-corrected chi connectivity index (χ2v) is 9.82. The summed E-state index contributed by atoms with van der Waals surface area (Å²) < 4.78 is 4.12. The van der Waals surface area contributed by atoms with Gasteiger partial charge in [-0.3, -0.25) is 14.5 Å². The van der Waals surface area contributed by atoms with Crippen LogP contribution >= 0.6 is 0 Å². The van der Waals surface area contributed by atoms with E-state index in [4.69, 9.17) is 10.8 Å². The molecule has 7 rings (SSSR count). The molecule has 5 N–H and O–H groups in total. The number of hydrogen-bond acceptors (Lipinski definition) is 9. The number of carbonyl (C=O) groups excluding carboxylic acids is 1. The molecule has 12 nitrogen and oxygen atoms in total. The fraction of sp³-hybridized carbons (Fsp3) is 0.231. The lowest BCUT2D eigenvalue weighted by Gasteiger charge is -2.14. The number of amides is 1. The lowest BCUT2D eigenvalue weighted by molar-refractivity contribution is -0.132. The quantitative estimate of drug-likeness (QED) is 0.287. The summed E-state index contributed by atoms with van der Waals surface area (Å²) in [5, 5.41) is 22.8. The highest BCUT2D eigenvalue weighted by Crippen LogP contribution is 2.40. The van der Waals surface area contributed by atoms with E-state index >= 15 is 0 Å². The molecule has 0 saturated heterocycles. The molecule has 1 atom stereocenters. The summed E-state index contributed by atoms with van der Waals surface area (Å²) in [6.45, 7) is 4.77. The number of nitrogens with zero attached hydrogens (tertiary/aromatic N) is 7. The molecule has 7 heterocycles. The minimum atomic E-state index is -1.67. The first-order valence-corrected chi connectivity index (χ1v) is 12.2. The van der Waals surface area contributed by atoms with Crippen molar-refractivity contribution in [1.29, 1.82) is 0 Å². The number of rotatable bonds is 3. The average molecular weight is 509 g/mol. The van der Waals surface area contributed by atoms with Crippen molar-refractivity contribution in [2.24, 2.45) is 0 Å². The third kappa shape index (κ3) is 3.34. The minimum absolute atomic E-state index is 0.302. The Kier molecular flexibility index (Phi) is 4.61. The minimum Gasteiger partial charge on any atom is -0.383 e. The lowest BCUT2D eigenvalue weighted by Crippen LogP contribution is -2.30. The Balaban J connectivity index is 1.23. The van der Waals surface area contributed by atoms with Crippen LogP contribution in [0.25, 0.3) is 22.0 Å². The van der Waals surface area contributed by atoms with Crippen molar-refractivity contribution in [2.75, 3.05) is 16.4 Å². The summed E-state index contributed by atoms with van der Waals surface area (Å²) >= 11 is 0. The summed E-state index contributed by atoms with van der Waals surface area (Å²) in [6.07, 6.45) is 7.97. The fourth-order valence-electron chi connectivity index (χ4n) is 5.16. The van der Waals surface area contributed by atoms with Gasteiger partial charge in [-0.15, -0.1) is 0 Å². The molecule has 0 spiro atoms. The molecule has 2 aliphatic heterocycles. The van der Waals surface area contributed by atoms with Gasteiger partial charge in [-0.05, 0) is 36.9 Å². The van der Waals surface area contributed by atoms with Gasteiger partial charge in [0.2, 0.25) is 0 Å². The molecule has 0 aliphatic carbocycles. The van der Waals surface area contributed by atoms with Gasteiger partial charge in [0, 0.05) is 60.5 Å². The Hall–Kier alpha value is -4.84. The van der Waals surface area contributed by atoms with E-state index in [9.17, 15) is 9.90 Å². The predicted octanol–water partition coefficient (Wildman–Crippen LogP) is 2.48. The van der Waals surface area contributed by atoms with Crippen LogP contribution in [0.4, 0.5) is 23.1 Å². The molecule has 1 amide bonds. The number of fused-ring (bicyclic) bond motifs is 4.